The Balaban J connectivity index is 2.90. The summed E-state index contributed by atoms with van der Waals surface area (Å²) in [5.41, 5.74) is 0. The zero-order chi connectivity index (χ0) is 15.5. The molecular weight excluding hydrogens is 347 g/mol. The number of halogens is 2. The highest BCUT2D eigenvalue weighted by Gasteiger charge is 2.23. The van der Waals surface area contributed by atoms with E-state index in [-0.39, 0.29) is 23.4 Å². The minimum Gasteiger partial charge on any atom is -0.305 e. The summed E-state index contributed by atoms with van der Waals surface area (Å²) in [6, 6.07) is 3.94. The highest BCUT2D eigenvalue weighted by atomic mass is 79.9. The van der Waals surface area contributed by atoms with Gasteiger partial charge in [0.25, 0.3) is 0 Å². The molecular formula is C13H20BrFN2O2S. The molecule has 1 aromatic carbocycles. The van der Waals surface area contributed by atoms with E-state index in [4.69, 9.17) is 0 Å². The zero-order valence-electron chi connectivity index (χ0n) is 12.0. The summed E-state index contributed by atoms with van der Waals surface area (Å²) in [5, 5.41) is 0. The third kappa shape index (κ3) is 4.51. The van der Waals surface area contributed by atoms with Gasteiger partial charge in [0.1, 0.15) is 10.7 Å². The molecule has 0 amide bonds. The van der Waals surface area contributed by atoms with Gasteiger partial charge in [-0.1, -0.05) is 29.8 Å². The van der Waals surface area contributed by atoms with E-state index in [1.165, 1.54) is 12.1 Å². The molecule has 7 heteroatoms. The van der Waals surface area contributed by atoms with E-state index in [0.29, 0.717) is 4.47 Å². The number of nitrogens with zero attached hydrogens (tertiary/aromatic N) is 1. The molecule has 0 heterocycles. The molecule has 114 valence electrons. The molecule has 0 aromatic heterocycles. The molecule has 0 radical (unpaired) electrons. The summed E-state index contributed by atoms with van der Waals surface area (Å²) in [6.45, 7) is 4.26. The lowest BCUT2D eigenvalue weighted by Gasteiger charge is -2.28. The van der Waals surface area contributed by atoms with Crippen molar-refractivity contribution in [1.82, 2.24) is 9.62 Å². The molecule has 0 aliphatic rings. The molecule has 1 unspecified atom stereocenters. The van der Waals surface area contributed by atoms with Crippen LogP contribution in [0.15, 0.2) is 27.6 Å². The van der Waals surface area contributed by atoms with E-state index in [1.807, 2.05) is 32.8 Å². The molecule has 0 bridgehead atoms. The van der Waals surface area contributed by atoms with Crippen molar-refractivity contribution in [2.45, 2.75) is 24.8 Å². The molecule has 4 nitrogen and oxygen atoms in total. The lowest BCUT2D eigenvalue weighted by atomic mass is 10.0. The first-order valence-electron chi connectivity index (χ1n) is 6.26. The minimum atomic E-state index is -3.84. The molecule has 1 N–H and O–H groups in total. The van der Waals surface area contributed by atoms with Gasteiger partial charge in [-0.25, -0.2) is 17.5 Å². The number of hydrogen-bond donors (Lipinski definition) is 1. The fourth-order valence-electron chi connectivity index (χ4n) is 1.98. The smallest absolute Gasteiger partial charge is 0.243 e. The van der Waals surface area contributed by atoms with Gasteiger partial charge < -0.3 is 4.90 Å². The molecule has 1 aromatic rings. The Morgan fingerprint density at radius 2 is 1.95 bits per heavy atom. The van der Waals surface area contributed by atoms with Crippen LogP contribution >= 0.6 is 15.9 Å². The van der Waals surface area contributed by atoms with Crippen LogP contribution in [0, 0.1) is 11.7 Å². The van der Waals surface area contributed by atoms with Crippen LogP contribution in [-0.2, 0) is 10.0 Å². The van der Waals surface area contributed by atoms with Gasteiger partial charge in [0, 0.05) is 17.1 Å². The van der Waals surface area contributed by atoms with Gasteiger partial charge in [-0.2, -0.15) is 0 Å². The van der Waals surface area contributed by atoms with Crippen LogP contribution in [0.5, 0.6) is 0 Å². The average Bonchev–Trinajstić information content (AvgIpc) is 2.26. The molecule has 0 aliphatic heterocycles. The number of nitrogens with one attached hydrogen (secondary N) is 1. The van der Waals surface area contributed by atoms with Gasteiger partial charge >= 0.3 is 0 Å². The van der Waals surface area contributed by atoms with Crippen LogP contribution in [0.1, 0.15) is 13.8 Å². The van der Waals surface area contributed by atoms with Gasteiger partial charge in [-0.15, -0.1) is 0 Å². The summed E-state index contributed by atoms with van der Waals surface area (Å²) < 4.78 is 41.0. The van der Waals surface area contributed by atoms with E-state index in [9.17, 15) is 12.8 Å². The maximum absolute atomic E-state index is 13.7. The number of hydrogen-bond acceptors (Lipinski definition) is 3. The van der Waals surface area contributed by atoms with Crippen LogP contribution in [0.2, 0.25) is 0 Å². The number of sulfonamides is 1. The summed E-state index contributed by atoms with van der Waals surface area (Å²) in [5.74, 6) is -0.486. The molecule has 0 saturated heterocycles. The van der Waals surface area contributed by atoms with E-state index in [1.54, 1.807) is 0 Å². The van der Waals surface area contributed by atoms with Gasteiger partial charge in [0.15, 0.2) is 0 Å². The normalized spacial score (nSPS) is 14.0. The third-order valence-electron chi connectivity index (χ3n) is 3.10. The van der Waals surface area contributed by atoms with Crippen LogP contribution in [0.4, 0.5) is 4.39 Å². The molecule has 1 atom stereocenters. The van der Waals surface area contributed by atoms with Gasteiger partial charge in [-0.05, 0) is 38.2 Å². The average molecular weight is 367 g/mol. The van der Waals surface area contributed by atoms with Crippen LogP contribution in [0.25, 0.3) is 0 Å². The Labute approximate surface area is 128 Å². The Hall–Kier alpha value is -0.500. The Kier molecular flexibility index (Phi) is 6.12. The van der Waals surface area contributed by atoms with Crippen molar-refractivity contribution in [3.05, 3.63) is 28.5 Å². The minimum absolute atomic E-state index is 0.0447. The van der Waals surface area contributed by atoms with Gasteiger partial charge in [0.05, 0.1) is 0 Å². The lowest BCUT2D eigenvalue weighted by Crippen LogP contribution is -2.43. The van der Waals surface area contributed by atoms with Crippen molar-refractivity contribution in [3.63, 3.8) is 0 Å². The molecule has 0 aliphatic carbocycles. The highest BCUT2D eigenvalue weighted by molar-refractivity contribution is 9.10. The summed E-state index contributed by atoms with van der Waals surface area (Å²) in [7, 11) is -0.0662. The predicted octanol–water partition coefficient (Wildman–Crippen LogP) is 2.45. The zero-order valence-corrected chi connectivity index (χ0v) is 14.4. The third-order valence-corrected chi connectivity index (χ3v) is 5.05. The van der Waals surface area contributed by atoms with Crippen molar-refractivity contribution >= 4 is 26.0 Å². The molecule has 20 heavy (non-hydrogen) atoms. The SMILES string of the molecule is CC(C)C(CNS(=O)(=O)c1ccc(Br)cc1F)N(C)C. The van der Waals surface area contributed by atoms with Crippen LogP contribution < -0.4 is 4.72 Å². The fraction of sp³-hybridized carbons (Fsp3) is 0.538. The highest BCUT2D eigenvalue weighted by Crippen LogP contribution is 2.19. The van der Waals surface area contributed by atoms with E-state index in [0.717, 1.165) is 6.07 Å². The Bertz CT molecular complexity index is 553. The molecule has 0 spiro atoms. The van der Waals surface area contributed by atoms with Crippen LogP contribution in [-0.4, -0.2) is 40.0 Å². The summed E-state index contributed by atoms with van der Waals surface area (Å²) in [4.78, 5) is 1.62. The van der Waals surface area contributed by atoms with E-state index >= 15 is 0 Å². The van der Waals surface area contributed by atoms with Gasteiger partial charge in [0.2, 0.25) is 10.0 Å². The van der Waals surface area contributed by atoms with Crippen molar-refractivity contribution in [2.75, 3.05) is 20.6 Å². The van der Waals surface area contributed by atoms with Crippen molar-refractivity contribution in [3.8, 4) is 0 Å². The summed E-state index contributed by atoms with van der Waals surface area (Å²) >= 11 is 3.10. The van der Waals surface area contributed by atoms with Crippen molar-refractivity contribution in [1.29, 1.82) is 0 Å². The second-order valence-corrected chi connectivity index (χ2v) is 7.85. The maximum Gasteiger partial charge on any atom is 0.243 e. The first-order chi connectivity index (χ1) is 9.15. The predicted molar refractivity (Wildman–Crippen MR) is 81.6 cm³/mol. The lowest BCUT2D eigenvalue weighted by molar-refractivity contribution is 0.233. The monoisotopic (exact) mass is 366 g/mol. The number of likely N-dealkylation sites (N-methyl/N-ethyl adjacent to an activating group) is 1. The van der Waals surface area contributed by atoms with Crippen molar-refractivity contribution in [2.24, 2.45) is 5.92 Å². The first kappa shape index (κ1) is 17.6. The first-order valence-corrected chi connectivity index (χ1v) is 8.54. The topological polar surface area (TPSA) is 49.4 Å². The molecule has 0 fully saturated rings. The van der Waals surface area contributed by atoms with E-state index < -0.39 is 15.8 Å². The number of benzene rings is 1. The fourth-order valence-corrected chi connectivity index (χ4v) is 3.42. The van der Waals surface area contributed by atoms with Crippen molar-refractivity contribution < 1.29 is 12.8 Å². The second-order valence-electron chi connectivity index (χ2n) is 5.20. The summed E-state index contributed by atoms with van der Waals surface area (Å²) in [6.07, 6.45) is 0. The standard InChI is InChI=1S/C13H20BrFN2O2S/c1-9(2)12(17(3)4)8-16-20(18,19)13-6-5-10(14)7-11(13)15/h5-7,9,12,16H,8H2,1-4H3. The quantitative estimate of drug-likeness (QED) is 0.840. The maximum atomic E-state index is 13.7. The second kappa shape index (κ2) is 6.98. The number of rotatable bonds is 6. The van der Waals surface area contributed by atoms with E-state index in [2.05, 4.69) is 20.7 Å². The Morgan fingerprint density at radius 1 is 1.35 bits per heavy atom. The largest absolute Gasteiger partial charge is 0.305 e. The Morgan fingerprint density at radius 3 is 2.40 bits per heavy atom. The van der Waals surface area contributed by atoms with Gasteiger partial charge in [-0.3, -0.25) is 0 Å². The van der Waals surface area contributed by atoms with Crippen LogP contribution in [0.3, 0.4) is 0 Å². The molecule has 1 rings (SSSR count). The molecule has 0 saturated carbocycles.